The Morgan fingerprint density at radius 1 is 1.16 bits per heavy atom. The fourth-order valence-corrected chi connectivity index (χ4v) is 3.48. The standard InChI is InChI=1S/C22H17F3O6/c1-28-16-7-5-14(6-8-16)21(27)17(19(20(26)31-21)18-11-29-12-30-18)10-13-3-2-4-15(9-13)22(23,24)25/h2-9,11,27H,10,12H2,1H3. The molecule has 0 amide bonds. The second-order valence-electron chi connectivity index (χ2n) is 6.90. The summed E-state index contributed by atoms with van der Waals surface area (Å²) in [5.74, 6) is -2.54. The molecular weight excluding hydrogens is 417 g/mol. The Morgan fingerprint density at radius 2 is 1.90 bits per heavy atom. The maximum atomic E-state index is 13.2. The molecule has 4 rings (SSSR count). The number of alkyl halides is 3. The number of ether oxygens (including phenoxy) is 4. The van der Waals surface area contributed by atoms with E-state index in [9.17, 15) is 23.1 Å². The zero-order valence-electron chi connectivity index (χ0n) is 16.2. The van der Waals surface area contributed by atoms with Gasteiger partial charge in [0.2, 0.25) is 6.79 Å². The molecule has 6 nitrogen and oxygen atoms in total. The number of carbonyl (C=O) groups is 1. The monoisotopic (exact) mass is 434 g/mol. The Kier molecular flexibility index (Phi) is 5.14. The fraction of sp³-hybridized carbons (Fsp3) is 0.227. The Hall–Kier alpha value is -3.46. The molecular formula is C22H17F3O6. The van der Waals surface area contributed by atoms with Crippen molar-refractivity contribution in [2.24, 2.45) is 0 Å². The number of hydrogen-bond donors (Lipinski definition) is 1. The van der Waals surface area contributed by atoms with Gasteiger partial charge in [-0.2, -0.15) is 13.2 Å². The van der Waals surface area contributed by atoms with Crippen molar-refractivity contribution in [3.05, 3.63) is 88.4 Å². The van der Waals surface area contributed by atoms with Crippen molar-refractivity contribution in [3.63, 3.8) is 0 Å². The van der Waals surface area contributed by atoms with Gasteiger partial charge in [0.25, 0.3) is 5.79 Å². The lowest BCUT2D eigenvalue weighted by Gasteiger charge is -2.26. The van der Waals surface area contributed by atoms with Crippen molar-refractivity contribution in [1.82, 2.24) is 0 Å². The summed E-state index contributed by atoms with van der Waals surface area (Å²) in [4.78, 5) is 12.7. The third-order valence-corrected chi connectivity index (χ3v) is 4.99. The third kappa shape index (κ3) is 3.84. The van der Waals surface area contributed by atoms with Crippen molar-refractivity contribution in [3.8, 4) is 5.75 Å². The number of cyclic esters (lactones) is 1. The van der Waals surface area contributed by atoms with E-state index in [1.165, 1.54) is 37.6 Å². The van der Waals surface area contributed by atoms with Gasteiger partial charge in [0.1, 0.15) is 17.6 Å². The largest absolute Gasteiger partial charge is 0.497 e. The van der Waals surface area contributed by atoms with Crippen LogP contribution in [0.25, 0.3) is 0 Å². The summed E-state index contributed by atoms with van der Waals surface area (Å²) in [6, 6.07) is 10.8. The van der Waals surface area contributed by atoms with Crippen LogP contribution < -0.4 is 4.74 Å². The molecule has 2 aliphatic rings. The SMILES string of the molecule is COc1ccc(C2(O)OC(=O)C(C3=COCO3)=C2Cc2cccc(C(F)(F)F)c2)cc1. The molecule has 2 aromatic rings. The van der Waals surface area contributed by atoms with Gasteiger partial charge in [-0.1, -0.05) is 18.2 Å². The lowest BCUT2D eigenvalue weighted by molar-refractivity contribution is -0.186. The van der Waals surface area contributed by atoms with Crippen molar-refractivity contribution in [1.29, 1.82) is 0 Å². The number of carbonyl (C=O) groups excluding carboxylic acids is 1. The molecule has 2 aliphatic heterocycles. The van der Waals surface area contributed by atoms with Gasteiger partial charge in [0.05, 0.1) is 12.7 Å². The van der Waals surface area contributed by atoms with E-state index in [2.05, 4.69) is 0 Å². The Bertz CT molecular complexity index is 1070. The minimum atomic E-state index is -4.54. The highest BCUT2D eigenvalue weighted by atomic mass is 19.4. The van der Waals surface area contributed by atoms with E-state index in [-0.39, 0.29) is 41.2 Å². The molecule has 1 unspecified atom stereocenters. The molecule has 2 aromatic carbocycles. The molecule has 0 aromatic heterocycles. The molecule has 0 aliphatic carbocycles. The number of hydrogen-bond acceptors (Lipinski definition) is 6. The Labute approximate surface area is 175 Å². The average molecular weight is 434 g/mol. The van der Waals surface area contributed by atoms with Crippen molar-refractivity contribution in [2.45, 2.75) is 18.4 Å². The normalized spacial score (nSPS) is 20.8. The highest BCUT2D eigenvalue weighted by Crippen LogP contribution is 2.44. The first-order valence-corrected chi connectivity index (χ1v) is 9.17. The van der Waals surface area contributed by atoms with Crippen LogP contribution in [0.4, 0.5) is 13.2 Å². The van der Waals surface area contributed by atoms with Crippen molar-refractivity contribution in [2.75, 3.05) is 13.9 Å². The van der Waals surface area contributed by atoms with Crippen LogP contribution in [0.3, 0.4) is 0 Å². The van der Waals surface area contributed by atoms with Crippen LogP contribution in [0.5, 0.6) is 5.75 Å². The summed E-state index contributed by atoms with van der Waals surface area (Å²) >= 11 is 0. The maximum Gasteiger partial charge on any atom is 0.416 e. The first-order chi connectivity index (χ1) is 14.7. The Morgan fingerprint density at radius 3 is 2.52 bits per heavy atom. The molecule has 9 heteroatoms. The maximum absolute atomic E-state index is 13.2. The molecule has 0 radical (unpaired) electrons. The van der Waals surface area contributed by atoms with E-state index in [4.69, 9.17) is 18.9 Å². The summed E-state index contributed by atoms with van der Waals surface area (Å²) in [5.41, 5.74) is -0.456. The van der Waals surface area contributed by atoms with E-state index in [1.54, 1.807) is 12.1 Å². The molecule has 0 saturated carbocycles. The first-order valence-electron chi connectivity index (χ1n) is 9.17. The van der Waals surface area contributed by atoms with E-state index in [0.717, 1.165) is 12.1 Å². The molecule has 1 atom stereocenters. The molecule has 31 heavy (non-hydrogen) atoms. The average Bonchev–Trinajstić information content (AvgIpc) is 3.35. The van der Waals surface area contributed by atoms with Gasteiger partial charge >= 0.3 is 12.1 Å². The van der Waals surface area contributed by atoms with Gasteiger partial charge in [-0.05, 0) is 35.9 Å². The summed E-state index contributed by atoms with van der Waals surface area (Å²) in [7, 11) is 1.47. The van der Waals surface area contributed by atoms with Crippen LogP contribution in [-0.4, -0.2) is 25.0 Å². The zero-order chi connectivity index (χ0) is 22.2. The molecule has 0 fully saturated rings. The second-order valence-corrected chi connectivity index (χ2v) is 6.90. The topological polar surface area (TPSA) is 74.2 Å². The van der Waals surface area contributed by atoms with Crippen molar-refractivity contribution < 1.29 is 42.0 Å². The van der Waals surface area contributed by atoms with Gasteiger partial charge in [-0.3, -0.25) is 0 Å². The summed E-state index contributed by atoms with van der Waals surface area (Å²) < 4.78 is 60.2. The summed E-state index contributed by atoms with van der Waals surface area (Å²) in [6.07, 6.45) is -3.54. The van der Waals surface area contributed by atoms with E-state index >= 15 is 0 Å². The smallest absolute Gasteiger partial charge is 0.416 e. The van der Waals surface area contributed by atoms with Gasteiger partial charge < -0.3 is 24.1 Å². The van der Waals surface area contributed by atoms with E-state index in [0.29, 0.717) is 5.75 Å². The van der Waals surface area contributed by atoms with E-state index < -0.39 is 23.5 Å². The van der Waals surface area contributed by atoms with Crippen LogP contribution >= 0.6 is 0 Å². The van der Waals surface area contributed by atoms with E-state index in [1.807, 2.05) is 0 Å². The second kappa shape index (κ2) is 7.66. The fourth-order valence-electron chi connectivity index (χ4n) is 3.48. The number of esters is 1. The van der Waals surface area contributed by atoms with Crippen LogP contribution in [0, 0.1) is 0 Å². The predicted molar refractivity (Wildman–Crippen MR) is 100 cm³/mol. The van der Waals surface area contributed by atoms with Gasteiger partial charge in [-0.25, -0.2) is 4.79 Å². The minimum Gasteiger partial charge on any atom is -0.497 e. The number of methoxy groups -OCH3 is 1. The van der Waals surface area contributed by atoms with Gasteiger partial charge in [0.15, 0.2) is 5.76 Å². The molecule has 0 saturated heterocycles. The zero-order valence-corrected chi connectivity index (χ0v) is 16.2. The quantitative estimate of drug-likeness (QED) is 0.722. The number of halogens is 3. The first kappa shape index (κ1) is 20.8. The molecule has 0 spiro atoms. The lowest BCUT2D eigenvalue weighted by Crippen LogP contribution is -2.29. The van der Waals surface area contributed by atoms with Gasteiger partial charge in [0, 0.05) is 17.6 Å². The number of benzene rings is 2. The highest BCUT2D eigenvalue weighted by Gasteiger charge is 2.49. The van der Waals surface area contributed by atoms with Crippen LogP contribution in [0.15, 0.2) is 71.7 Å². The third-order valence-electron chi connectivity index (χ3n) is 4.99. The van der Waals surface area contributed by atoms with Crippen LogP contribution in [0.1, 0.15) is 16.7 Å². The predicted octanol–water partition coefficient (Wildman–Crippen LogP) is 3.80. The molecule has 162 valence electrons. The van der Waals surface area contributed by atoms with Crippen LogP contribution in [0.2, 0.25) is 0 Å². The van der Waals surface area contributed by atoms with Gasteiger partial charge in [-0.15, -0.1) is 0 Å². The van der Waals surface area contributed by atoms with Crippen LogP contribution in [-0.2, 0) is 37.4 Å². The highest BCUT2D eigenvalue weighted by molar-refractivity contribution is 5.97. The summed E-state index contributed by atoms with van der Waals surface area (Å²) in [5, 5.41) is 11.4. The van der Waals surface area contributed by atoms with Crippen molar-refractivity contribution >= 4 is 5.97 Å². The molecule has 2 heterocycles. The minimum absolute atomic E-state index is 0.0383. The molecule has 0 bridgehead atoms. The number of aliphatic hydroxyl groups is 1. The lowest BCUT2D eigenvalue weighted by atomic mass is 9.89. The summed E-state index contributed by atoms with van der Waals surface area (Å²) in [6.45, 7) is -0.135. The Balaban J connectivity index is 1.82. The number of rotatable bonds is 5. The molecule has 1 N–H and O–H groups in total.